The quantitative estimate of drug-likeness (QED) is 0.0255. The van der Waals surface area contributed by atoms with Crippen LogP contribution in [0.25, 0.3) is 33.4 Å². The number of carbonyl (C=O) groups is 2. The van der Waals surface area contributed by atoms with Gasteiger partial charge in [0.15, 0.2) is 0 Å². The molecule has 1 amide bonds. The third-order valence-electron chi connectivity index (χ3n) is 13.7. The van der Waals surface area contributed by atoms with Crippen molar-refractivity contribution in [3.05, 3.63) is 93.8 Å². The molecule has 7 rings (SSSR count). The predicted molar refractivity (Wildman–Crippen MR) is 266 cm³/mol. The molecule has 2 fully saturated rings. The highest BCUT2D eigenvalue weighted by molar-refractivity contribution is 7.89. The van der Waals surface area contributed by atoms with Crippen LogP contribution in [0.5, 0.6) is 0 Å². The van der Waals surface area contributed by atoms with Crippen molar-refractivity contribution in [2.75, 3.05) is 57.8 Å². The Morgan fingerprint density at radius 1 is 0.868 bits per heavy atom. The van der Waals surface area contributed by atoms with E-state index in [-0.39, 0.29) is 66.3 Å². The molecule has 0 radical (unpaired) electrons. The number of amides is 1. The molecule has 3 aromatic carbocycles. The lowest BCUT2D eigenvalue weighted by atomic mass is 9.76. The fourth-order valence-electron chi connectivity index (χ4n) is 10.1. The maximum atomic E-state index is 13.6. The molecule has 68 heavy (non-hydrogen) atoms. The van der Waals surface area contributed by atoms with E-state index in [1.54, 1.807) is 6.07 Å². The molecule has 18 heteroatoms. The molecule has 14 nitrogen and oxygen atoms in total. The van der Waals surface area contributed by atoms with E-state index >= 15 is 0 Å². The van der Waals surface area contributed by atoms with E-state index in [1.807, 2.05) is 76.2 Å². The summed E-state index contributed by atoms with van der Waals surface area (Å²) in [6.07, 6.45) is 4.28. The second-order valence-corrected chi connectivity index (χ2v) is 21.5. The fourth-order valence-corrected chi connectivity index (χ4v) is 12.3. The molecule has 4 aliphatic rings. The smallest absolute Gasteiger partial charge is 0.311 e. The Morgan fingerprint density at radius 3 is 2.32 bits per heavy atom. The number of sulfonamides is 1. The van der Waals surface area contributed by atoms with Gasteiger partial charge in [0.25, 0.3) is 0 Å². The topological polar surface area (TPSA) is 181 Å². The lowest BCUT2D eigenvalue weighted by Gasteiger charge is -2.42. The minimum absolute atomic E-state index is 0.0155. The number of piperidine rings is 1. The summed E-state index contributed by atoms with van der Waals surface area (Å²) < 4.78 is 83.1. The highest BCUT2D eigenvalue weighted by atomic mass is 35.5. The van der Waals surface area contributed by atoms with E-state index in [0.717, 1.165) is 68.1 Å². The van der Waals surface area contributed by atoms with Crippen LogP contribution in [-0.2, 0) is 34.5 Å². The van der Waals surface area contributed by atoms with E-state index in [0.29, 0.717) is 63.2 Å². The average molecular weight is 1010 g/mol. The van der Waals surface area contributed by atoms with Crippen LogP contribution in [0.3, 0.4) is 0 Å². The van der Waals surface area contributed by atoms with Gasteiger partial charge in [-0.3, -0.25) is 14.5 Å². The molecule has 2 bridgehead atoms. The van der Waals surface area contributed by atoms with E-state index < -0.39 is 25.0 Å². The average Bonchev–Trinajstić information content (AvgIpc) is 3.53. The van der Waals surface area contributed by atoms with Gasteiger partial charge in [0, 0.05) is 84.0 Å². The fraction of sp³-hybridized carbons (Fsp3) is 0.460. The number of anilines is 1. The van der Waals surface area contributed by atoms with Crippen LogP contribution >= 0.6 is 23.2 Å². The van der Waals surface area contributed by atoms with E-state index in [1.165, 1.54) is 12.1 Å². The Hall–Kier alpha value is -4.55. The second kappa shape index (κ2) is 22.0. The van der Waals surface area contributed by atoms with Gasteiger partial charge in [-0.1, -0.05) is 41.8 Å². The van der Waals surface area contributed by atoms with Crippen molar-refractivity contribution in [3.8, 4) is 22.5 Å². The Balaban J connectivity index is 0.963. The number of carbonyl (C=O) groups excluding carboxylic acids is 2. The zero-order valence-electron chi connectivity index (χ0n) is 39.2. The molecular formula is C50H61Cl2N5O9S2. The highest BCUT2D eigenvalue weighted by Gasteiger charge is 2.50. The van der Waals surface area contributed by atoms with Gasteiger partial charge in [-0.05, 0) is 115 Å². The number of esters is 1. The van der Waals surface area contributed by atoms with Crippen molar-refractivity contribution in [1.29, 1.82) is 0 Å². The van der Waals surface area contributed by atoms with Crippen molar-refractivity contribution < 1.29 is 40.1 Å². The number of hydrogen-bond acceptors (Lipinski definition) is 11. The van der Waals surface area contributed by atoms with Gasteiger partial charge in [0.2, 0.25) is 21.3 Å². The number of nitrogens with one attached hydrogen (secondary N) is 2. The first-order chi connectivity index (χ1) is 32.5. The van der Waals surface area contributed by atoms with Crippen LogP contribution in [0.1, 0.15) is 84.1 Å². The zero-order chi connectivity index (χ0) is 48.9. The number of halogens is 2. The number of benzene rings is 4. The number of rotatable bonds is 20. The summed E-state index contributed by atoms with van der Waals surface area (Å²) in [6.45, 7) is 11.4. The molecule has 0 unspecified atom stereocenters. The highest BCUT2D eigenvalue weighted by Crippen LogP contribution is 2.48. The minimum Gasteiger partial charge on any atom is -0.744 e. The lowest BCUT2D eigenvalue weighted by Crippen LogP contribution is -2.49. The molecular weight excluding hydrogens is 950 g/mol. The Morgan fingerprint density at radius 2 is 1.62 bits per heavy atom. The van der Waals surface area contributed by atoms with E-state index in [4.69, 9.17) is 32.4 Å². The summed E-state index contributed by atoms with van der Waals surface area (Å²) in [4.78, 5) is 29.6. The van der Waals surface area contributed by atoms with Crippen molar-refractivity contribution in [3.63, 3.8) is 0 Å². The number of ether oxygens (including phenoxy) is 1. The van der Waals surface area contributed by atoms with Gasteiger partial charge in [0.05, 0.1) is 38.4 Å². The predicted octanol–water partition coefficient (Wildman–Crippen LogP) is 7.84. The van der Waals surface area contributed by atoms with Gasteiger partial charge >= 0.3 is 5.97 Å². The number of nitrogens with zero attached hydrogens (tertiary/aromatic N) is 3. The molecule has 0 aromatic heterocycles. The Kier molecular flexibility index (Phi) is 16.6. The number of unbranched alkanes of at least 4 members (excludes halogenated alkanes) is 2. The van der Waals surface area contributed by atoms with Gasteiger partial charge in [-0.25, -0.2) is 26.1 Å². The van der Waals surface area contributed by atoms with Crippen molar-refractivity contribution in [1.82, 2.24) is 19.5 Å². The summed E-state index contributed by atoms with van der Waals surface area (Å²) in [5, 5.41) is 5.17. The normalized spacial score (nSPS) is 18.5. The summed E-state index contributed by atoms with van der Waals surface area (Å²) in [5.41, 5.74) is 3.40. The van der Waals surface area contributed by atoms with Crippen LogP contribution in [0.2, 0.25) is 10.0 Å². The van der Waals surface area contributed by atoms with Crippen molar-refractivity contribution in [2.45, 2.75) is 100 Å². The summed E-state index contributed by atoms with van der Waals surface area (Å²) >= 11 is 12.5. The minimum atomic E-state index is -5.20. The zero-order valence-corrected chi connectivity index (χ0v) is 42.4. The number of hydrogen-bond donors (Lipinski definition) is 2. The van der Waals surface area contributed by atoms with Gasteiger partial charge < -0.3 is 23.9 Å². The van der Waals surface area contributed by atoms with Crippen LogP contribution < -0.4 is 24.9 Å². The second-order valence-electron chi connectivity index (χ2n) is 17.5. The summed E-state index contributed by atoms with van der Waals surface area (Å²) in [7, 11) is -7.40. The first-order valence-electron chi connectivity index (χ1n) is 23.5. The molecule has 3 aliphatic heterocycles. The first-order valence-corrected chi connectivity index (χ1v) is 27.2. The van der Waals surface area contributed by atoms with Crippen molar-refractivity contribution >= 4 is 71.9 Å². The largest absolute Gasteiger partial charge is 0.744 e. The van der Waals surface area contributed by atoms with Gasteiger partial charge in [-0.2, -0.15) is 0 Å². The van der Waals surface area contributed by atoms with E-state index in [2.05, 4.69) is 31.5 Å². The van der Waals surface area contributed by atoms with Crippen LogP contribution in [0.4, 0.5) is 5.69 Å². The SMILES string of the molecule is CCN(CC)c1ccc2c(-c3ccc(S(=O)(=O)NCCCCCC(=O)NCCOC(=O)[C@H]4[C@@H](c5ccc(Cl)c(Cl)c5)C[C@@H]5CC[C@H]4N5C)cc3S(=O)(=O)[O-])c3ccc(=[N+](CC)CC)cc-3oc2c1. The first kappa shape index (κ1) is 51.3. The molecule has 3 heterocycles. The molecule has 0 spiro atoms. The third kappa shape index (κ3) is 11.2. The molecule has 366 valence electrons. The Labute approximate surface area is 409 Å². The lowest BCUT2D eigenvalue weighted by molar-refractivity contribution is -0.153. The Bertz CT molecular complexity index is 2920. The molecule has 3 aromatic rings. The standard InChI is InChI=1S/C50H61Cl2N5O9S2/c1-6-56(7-2)34-15-19-37-44(29-34)66-45-30-35(57(8-3)9-4)16-20-38(45)48(37)39-21-18-36(31-46(39)68(62,63)64)67(60,61)54-24-12-10-11-13-47(58)53-25-26-65-50(59)49-40(28-33-17-23-43(49)55(33)5)32-14-22-41(51)42(52)27-32/h14-16,18-22,27,29-31,33,40,43,49,54H,6-13,17,23-26,28H2,1-5H3,(H-,53,58,62,63,64)/t33-,40+,43+,49-/m0/s1. The van der Waals surface area contributed by atoms with Crippen LogP contribution in [0, 0.1) is 5.92 Å². The monoisotopic (exact) mass is 1010 g/mol. The van der Waals surface area contributed by atoms with Gasteiger partial charge in [0.1, 0.15) is 41.2 Å². The molecule has 0 saturated carbocycles. The van der Waals surface area contributed by atoms with Gasteiger partial charge in [-0.15, -0.1) is 0 Å². The van der Waals surface area contributed by atoms with Crippen LogP contribution in [0.15, 0.2) is 87.0 Å². The molecule has 1 aliphatic carbocycles. The summed E-state index contributed by atoms with van der Waals surface area (Å²) in [5.74, 6) is -0.490. The molecule has 4 atom stereocenters. The van der Waals surface area contributed by atoms with Crippen LogP contribution in [-0.4, -0.2) is 103 Å². The maximum absolute atomic E-state index is 13.6. The molecule has 2 N–H and O–H groups in total. The van der Waals surface area contributed by atoms with E-state index in [9.17, 15) is 31.0 Å². The maximum Gasteiger partial charge on any atom is 0.311 e. The number of fused-ring (bicyclic) bond motifs is 4. The molecule has 2 saturated heterocycles. The van der Waals surface area contributed by atoms with Crippen molar-refractivity contribution in [2.24, 2.45) is 5.92 Å². The summed E-state index contributed by atoms with van der Waals surface area (Å²) in [6, 6.07) is 20.8. The third-order valence-corrected chi connectivity index (χ3v) is 16.8.